The summed E-state index contributed by atoms with van der Waals surface area (Å²) in [6.07, 6.45) is 13.7. The highest BCUT2D eigenvalue weighted by molar-refractivity contribution is 5.93. The van der Waals surface area contributed by atoms with E-state index < -0.39 is 0 Å². The van der Waals surface area contributed by atoms with E-state index in [1.54, 1.807) is 6.20 Å². The van der Waals surface area contributed by atoms with Crippen LogP contribution in [0.5, 0.6) is 0 Å². The number of amides is 1. The normalized spacial score (nSPS) is 40.5. The van der Waals surface area contributed by atoms with Crippen molar-refractivity contribution in [2.45, 2.75) is 89.0 Å². The predicted molar refractivity (Wildman–Crippen MR) is 104 cm³/mol. The third-order valence-corrected chi connectivity index (χ3v) is 8.54. The molecule has 6 aliphatic carbocycles. The highest BCUT2D eigenvalue weighted by atomic mass is 16.5. The number of ether oxygens (including phenoxy) is 1. The van der Waals surface area contributed by atoms with E-state index in [1.807, 2.05) is 6.92 Å². The van der Waals surface area contributed by atoms with Crippen LogP contribution in [0, 0.1) is 24.2 Å². The van der Waals surface area contributed by atoms with Gasteiger partial charge in [0, 0.05) is 5.41 Å². The molecule has 0 saturated heterocycles. The second-order valence-corrected chi connectivity index (χ2v) is 9.96. The van der Waals surface area contributed by atoms with Crippen molar-refractivity contribution in [1.82, 2.24) is 4.98 Å². The third kappa shape index (κ3) is 2.33. The van der Waals surface area contributed by atoms with Crippen LogP contribution in [0.1, 0.15) is 79.9 Å². The molecule has 4 unspecified atom stereocenters. The zero-order valence-electron chi connectivity index (χ0n) is 16.7. The van der Waals surface area contributed by atoms with Crippen LogP contribution in [0.4, 0.5) is 5.95 Å². The second kappa shape index (κ2) is 5.91. The lowest BCUT2D eigenvalue weighted by molar-refractivity contribution is -0.788. The molecule has 6 saturated carbocycles. The number of nitrogens with two attached hydrogens (primary N) is 1. The molecule has 1 amide bonds. The Morgan fingerprint density at radius 3 is 2.43 bits per heavy atom. The molecule has 0 aliphatic heterocycles. The minimum atomic E-state index is -0.376. The van der Waals surface area contributed by atoms with Crippen LogP contribution in [0.15, 0.2) is 6.20 Å². The number of nitrogens with one attached hydrogen (secondary N) is 1. The van der Waals surface area contributed by atoms with Gasteiger partial charge < -0.3 is 10.5 Å². The van der Waals surface area contributed by atoms with Gasteiger partial charge in [0.2, 0.25) is 0 Å². The van der Waals surface area contributed by atoms with E-state index in [1.165, 1.54) is 32.1 Å². The molecule has 1 aromatic rings. The molecule has 6 nitrogen and oxygen atoms in total. The summed E-state index contributed by atoms with van der Waals surface area (Å²) in [6.45, 7) is 2.04. The van der Waals surface area contributed by atoms with Crippen molar-refractivity contribution in [2.24, 2.45) is 23.0 Å². The monoisotopic (exact) mass is 383 g/mol. The van der Waals surface area contributed by atoms with E-state index in [-0.39, 0.29) is 5.91 Å². The van der Waals surface area contributed by atoms with Gasteiger partial charge in [-0.1, -0.05) is 4.98 Å². The van der Waals surface area contributed by atoms with Gasteiger partial charge in [-0.15, -0.1) is 0 Å². The largest absolute Gasteiger partial charge is 0.392 e. The SMILES string of the molecule is Cc1c(C(N)=O)cnc(NC2CCC(OC3CC3)CC2)[n+]1C1C2CC13CCC23. The molecule has 1 aromatic heterocycles. The highest BCUT2D eigenvalue weighted by Crippen LogP contribution is 2.82. The van der Waals surface area contributed by atoms with Crippen LogP contribution in [-0.2, 0) is 4.74 Å². The molecular weight excluding hydrogens is 352 g/mol. The first-order chi connectivity index (χ1) is 13.6. The zero-order chi connectivity index (χ0) is 19.0. The number of hydrogen-bond donors (Lipinski definition) is 2. The maximum absolute atomic E-state index is 11.9. The lowest BCUT2D eigenvalue weighted by atomic mass is 9.26. The Labute approximate surface area is 166 Å². The summed E-state index contributed by atoms with van der Waals surface area (Å²) in [4.78, 5) is 16.6. The fourth-order valence-electron chi connectivity index (χ4n) is 6.67. The number of hydrogen-bond acceptors (Lipinski definition) is 4. The van der Waals surface area contributed by atoms with E-state index >= 15 is 0 Å². The maximum Gasteiger partial charge on any atom is 0.392 e. The summed E-state index contributed by atoms with van der Waals surface area (Å²) in [7, 11) is 0. The quantitative estimate of drug-likeness (QED) is 0.740. The summed E-state index contributed by atoms with van der Waals surface area (Å²) >= 11 is 0. The van der Waals surface area contributed by atoms with Crippen LogP contribution in [0.2, 0.25) is 0 Å². The van der Waals surface area contributed by atoms with Gasteiger partial charge in [0.15, 0.2) is 0 Å². The van der Waals surface area contributed by atoms with Crippen LogP contribution in [0.3, 0.4) is 0 Å². The molecule has 6 aliphatic rings. The fourth-order valence-corrected chi connectivity index (χ4v) is 6.67. The van der Waals surface area contributed by atoms with Crippen LogP contribution in [-0.4, -0.2) is 29.1 Å². The Kier molecular flexibility index (Phi) is 3.63. The standard InChI is InChI=1S/C22H30N4O2/c1-12-17(20(23)27)11-24-21(26(12)19-16-10-22(19)9-8-18(16)22)25-13-2-4-14(5-3-13)28-15-6-7-15/h11,13-16,18-19H,2-10H2,1H3,(H2,23,27)/p+1. The van der Waals surface area contributed by atoms with Crippen LogP contribution < -0.4 is 15.6 Å². The molecule has 7 rings (SSSR count). The van der Waals surface area contributed by atoms with Crippen LogP contribution >= 0.6 is 0 Å². The van der Waals surface area contributed by atoms with Gasteiger partial charge in [-0.2, -0.15) is 0 Å². The number of primary amides is 1. The first kappa shape index (κ1) is 17.2. The van der Waals surface area contributed by atoms with E-state index in [9.17, 15) is 4.79 Å². The van der Waals surface area contributed by atoms with Crippen molar-refractivity contribution in [3.8, 4) is 0 Å². The van der Waals surface area contributed by atoms with Crippen molar-refractivity contribution in [2.75, 3.05) is 5.32 Å². The summed E-state index contributed by atoms with van der Waals surface area (Å²) in [5.74, 6) is 2.25. The average Bonchev–Trinajstić information content (AvgIpc) is 3.46. The van der Waals surface area contributed by atoms with Crippen molar-refractivity contribution in [3.05, 3.63) is 17.5 Å². The number of carbonyl (C=O) groups is 1. The summed E-state index contributed by atoms with van der Waals surface area (Å²) in [5, 5.41) is 3.74. The summed E-state index contributed by atoms with van der Waals surface area (Å²) in [5.41, 5.74) is 7.66. The maximum atomic E-state index is 11.9. The Hall–Kier alpha value is -1.69. The number of anilines is 1. The van der Waals surface area contributed by atoms with E-state index in [4.69, 9.17) is 15.5 Å². The molecule has 150 valence electrons. The van der Waals surface area contributed by atoms with Crippen LogP contribution in [0.25, 0.3) is 0 Å². The van der Waals surface area contributed by atoms with Gasteiger partial charge in [0.25, 0.3) is 5.91 Å². The van der Waals surface area contributed by atoms with Gasteiger partial charge in [0.05, 0.1) is 30.0 Å². The van der Waals surface area contributed by atoms with Gasteiger partial charge >= 0.3 is 5.95 Å². The molecule has 6 heteroatoms. The number of rotatable bonds is 6. The molecule has 0 aromatic carbocycles. The first-order valence-electron chi connectivity index (χ1n) is 11.2. The highest BCUT2D eigenvalue weighted by Gasteiger charge is 2.79. The van der Waals surface area contributed by atoms with E-state index in [2.05, 4.69) is 9.88 Å². The molecule has 2 bridgehead atoms. The number of carbonyl (C=O) groups excluding carboxylic acids is 1. The molecule has 6 fully saturated rings. The predicted octanol–water partition coefficient (Wildman–Crippen LogP) is 2.65. The molecule has 3 N–H and O–H groups in total. The molecule has 28 heavy (non-hydrogen) atoms. The smallest absolute Gasteiger partial charge is 0.375 e. The van der Waals surface area contributed by atoms with Gasteiger partial charge in [-0.3, -0.25) is 10.1 Å². The molecular formula is C22H31N4O2+. The van der Waals surface area contributed by atoms with E-state index in [0.717, 1.165) is 49.2 Å². The number of nitrogens with zero attached hydrogens (tertiary/aromatic N) is 2. The minimum Gasteiger partial charge on any atom is -0.375 e. The second-order valence-electron chi connectivity index (χ2n) is 9.96. The summed E-state index contributed by atoms with van der Waals surface area (Å²) in [6, 6.07) is 0.942. The number of aromatic nitrogens is 2. The van der Waals surface area contributed by atoms with Gasteiger partial charge in [-0.05, 0) is 76.5 Å². The van der Waals surface area contributed by atoms with Gasteiger partial charge in [-0.25, -0.2) is 4.57 Å². The van der Waals surface area contributed by atoms with Crippen molar-refractivity contribution in [3.63, 3.8) is 0 Å². The van der Waals surface area contributed by atoms with Crippen molar-refractivity contribution < 1.29 is 14.1 Å². The Bertz CT molecular complexity index is 826. The Morgan fingerprint density at radius 2 is 1.93 bits per heavy atom. The Morgan fingerprint density at radius 1 is 1.21 bits per heavy atom. The zero-order valence-corrected chi connectivity index (χ0v) is 16.7. The molecule has 1 spiro atoms. The molecule has 4 atom stereocenters. The lowest BCUT2D eigenvalue weighted by Gasteiger charge is -2.79. The van der Waals surface area contributed by atoms with Crippen molar-refractivity contribution >= 4 is 11.9 Å². The first-order valence-corrected chi connectivity index (χ1v) is 11.2. The van der Waals surface area contributed by atoms with Crippen molar-refractivity contribution in [1.29, 1.82) is 0 Å². The fraction of sp³-hybridized carbons (Fsp3) is 0.773. The molecule has 1 heterocycles. The van der Waals surface area contributed by atoms with E-state index in [0.29, 0.717) is 35.3 Å². The molecule has 0 radical (unpaired) electrons. The average molecular weight is 384 g/mol. The third-order valence-electron chi connectivity index (χ3n) is 8.54. The van der Waals surface area contributed by atoms with Gasteiger partial charge in [0.1, 0.15) is 11.8 Å². The topological polar surface area (TPSA) is 81.1 Å². The lowest BCUT2D eigenvalue weighted by Crippen LogP contribution is -2.81. The Balaban J connectivity index is 1.23. The summed E-state index contributed by atoms with van der Waals surface area (Å²) < 4.78 is 8.45. The minimum absolute atomic E-state index is 0.376.